The van der Waals surface area contributed by atoms with Crippen LogP contribution in [-0.2, 0) is 16.8 Å². The topological polar surface area (TPSA) is 44.1 Å². The number of halogens is 1. The zero-order chi connectivity index (χ0) is 17.9. The maximum atomic E-state index is 13.3. The Kier molecular flexibility index (Phi) is 4.85. The first-order valence-electron chi connectivity index (χ1n) is 8.56. The van der Waals surface area contributed by atoms with Crippen molar-refractivity contribution in [1.82, 2.24) is 4.90 Å². The predicted molar refractivity (Wildman–Crippen MR) is 94.2 cm³/mol. The third-order valence-corrected chi connectivity index (χ3v) is 5.11. The van der Waals surface area contributed by atoms with Crippen LogP contribution < -0.4 is 0 Å². The number of hydrogen-bond donors (Lipinski definition) is 0. The van der Waals surface area contributed by atoms with Crippen LogP contribution in [0.2, 0.25) is 0 Å². The highest BCUT2D eigenvalue weighted by molar-refractivity contribution is 5.88. The van der Waals surface area contributed by atoms with Gasteiger partial charge in [0, 0.05) is 13.6 Å². The molecule has 1 amide bonds. The summed E-state index contributed by atoms with van der Waals surface area (Å²) in [6, 6.07) is 15.7. The van der Waals surface area contributed by atoms with E-state index in [1.54, 1.807) is 29.2 Å². The number of carbonyl (C=O) groups is 1. The van der Waals surface area contributed by atoms with Crippen molar-refractivity contribution >= 4 is 5.91 Å². The van der Waals surface area contributed by atoms with Crippen molar-refractivity contribution in [2.24, 2.45) is 0 Å². The van der Waals surface area contributed by atoms with E-state index in [0.29, 0.717) is 12.1 Å². The summed E-state index contributed by atoms with van der Waals surface area (Å²) < 4.78 is 13.3. The molecule has 0 atom stereocenters. The second-order valence-electron chi connectivity index (χ2n) is 6.77. The lowest BCUT2D eigenvalue weighted by atomic mass is 9.77. The average molecular weight is 336 g/mol. The molecule has 0 bridgehead atoms. The fourth-order valence-corrected chi connectivity index (χ4v) is 3.77. The number of amides is 1. The van der Waals surface area contributed by atoms with E-state index < -0.39 is 5.41 Å². The fraction of sp³-hybridized carbons (Fsp3) is 0.333. The summed E-state index contributed by atoms with van der Waals surface area (Å²) in [5.74, 6) is -0.198. The molecule has 1 aliphatic rings. The molecule has 1 saturated carbocycles. The Morgan fingerprint density at radius 2 is 1.72 bits per heavy atom. The molecule has 2 aromatic rings. The zero-order valence-electron chi connectivity index (χ0n) is 14.3. The standard InChI is InChI=1S/C21H21FN2O/c1-24(15-17-6-4-16(14-23)5-7-17)20(25)21(12-2-3-13-21)18-8-10-19(22)11-9-18/h4-11H,2-3,12-13,15H2,1H3. The monoisotopic (exact) mass is 336 g/mol. The molecule has 3 rings (SSSR count). The van der Waals surface area contributed by atoms with Crippen molar-refractivity contribution < 1.29 is 9.18 Å². The number of hydrogen-bond acceptors (Lipinski definition) is 2. The van der Waals surface area contributed by atoms with Crippen LogP contribution in [0.5, 0.6) is 0 Å². The Bertz CT molecular complexity index is 784. The largest absolute Gasteiger partial charge is 0.341 e. The molecule has 0 radical (unpaired) electrons. The van der Waals surface area contributed by atoms with E-state index in [4.69, 9.17) is 5.26 Å². The second kappa shape index (κ2) is 7.06. The van der Waals surface area contributed by atoms with Crippen LogP contribution in [0.3, 0.4) is 0 Å². The third-order valence-electron chi connectivity index (χ3n) is 5.11. The lowest BCUT2D eigenvalue weighted by Gasteiger charge is -2.33. The molecule has 1 fully saturated rings. The molecular formula is C21H21FN2O. The van der Waals surface area contributed by atoms with Crippen LogP contribution in [0.15, 0.2) is 48.5 Å². The lowest BCUT2D eigenvalue weighted by molar-refractivity contribution is -0.136. The molecular weight excluding hydrogens is 315 g/mol. The molecule has 0 aromatic heterocycles. The molecule has 4 heteroatoms. The maximum absolute atomic E-state index is 13.3. The van der Waals surface area contributed by atoms with Crippen molar-refractivity contribution in [2.75, 3.05) is 7.05 Å². The summed E-state index contributed by atoms with van der Waals surface area (Å²) in [5.41, 5.74) is 1.95. The highest BCUT2D eigenvalue weighted by Crippen LogP contribution is 2.42. The molecule has 3 nitrogen and oxygen atoms in total. The van der Waals surface area contributed by atoms with E-state index in [2.05, 4.69) is 6.07 Å². The summed E-state index contributed by atoms with van der Waals surface area (Å²) in [5, 5.41) is 8.88. The summed E-state index contributed by atoms with van der Waals surface area (Å²) in [6.07, 6.45) is 3.62. The minimum atomic E-state index is -0.547. The van der Waals surface area contributed by atoms with E-state index in [1.807, 2.05) is 19.2 Å². The van der Waals surface area contributed by atoms with Gasteiger partial charge in [0.05, 0.1) is 17.0 Å². The number of carbonyl (C=O) groups excluding carboxylic acids is 1. The van der Waals surface area contributed by atoms with Crippen molar-refractivity contribution in [3.63, 3.8) is 0 Å². The van der Waals surface area contributed by atoms with Gasteiger partial charge in [0.15, 0.2) is 0 Å². The first-order chi connectivity index (χ1) is 12.0. The quantitative estimate of drug-likeness (QED) is 0.841. The Morgan fingerprint density at radius 1 is 1.12 bits per heavy atom. The van der Waals surface area contributed by atoms with Gasteiger partial charge in [-0.05, 0) is 48.2 Å². The number of likely N-dealkylation sites (N-methyl/N-ethyl adjacent to an activating group) is 1. The van der Waals surface area contributed by atoms with E-state index in [1.165, 1.54) is 12.1 Å². The first-order valence-corrected chi connectivity index (χ1v) is 8.56. The highest BCUT2D eigenvalue weighted by atomic mass is 19.1. The van der Waals surface area contributed by atoms with Crippen molar-refractivity contribution in [1.29, 1.82) is 5.26 Å². The maximum Gasteiger partial charge on any atom is 0.233 e. The van der Waals surface area contributed by atoms with E-state index in [9.17, 15) is 9.18 Å². The molecule has 0 N–H and O–H groups in total. The van der Waals surface area contributed by atoms with Gasteiger partial charge in [0.1, 0.15) is 5.82 Å². The van der Waals surface area contributed by atoms with Gasteiger partial charge in [-0.2, -0.15) is 5.26 Å². The molecule has 0 unspecified atom stereocenters. The SMILES string of the molecule is CN(Cc1ccc(C#N)cc1)C(=O)C1(c2ccc(F)cc2)CCCC1. The van der Waals surface area contributed by atoms with Gasteiger partial charge in [-0.1, -0.05) is 37.1 Å². The molecule has 128 valence electrons. The summed E-state index contributed by atoms with van der Waals surface area (Å²) in [4.78, 5) is 15.0. The van der Waals surface area contributed by atoms with Gasteiger partial charge in [-0.3, -0.25) is 4.79 Å². The zero-order valence-corrected chi connectivity index (χ0v) is 14.3. The van der Waals surface area contributed by atoms with E-state index in [-0.39, 0.29) is 11.7 Å². The van der Waals surface area contributed by atoms with Gasteiger partial charge >= 0.3 is 0 Å². The number of nitrogens with zero attached hydrogens (tertiary/aromatic N) is 2. The van der Waals surface area contributed by atoms with Gasteiger partial charge in [-0.15, -0.1) is 0 Å². The van der Waals surface area contributed by atoms with E-state index in [0.717, 1.165) is 36.8 Å². The summed E-state index contributed by atoms with van der Waals surface area (Å²) >= 11 is 0. The Morgan fingerprint density at radius 3 is 2.28 bits per heavy atom. The van der Waals surface area contributed by atoms with Crippen LogP contribution in [0.1, 0.15) is 42.4 Å². The van der Waals surface area contributed by atoms with Crippen molar-refractivity contribution in [2.45, 2.75) is 37.6 Å². The smallest absolute Gasteiger partial charge is 0.233 e. The van der Waals surface area contributed by atoms with Crippen LogP contribution in [0.4, 0.5) is 4.39 Å². The summed E-state index contributed by atoms with van der Waals surface area (Å²) in [6.45, 7) is 0.494. The normalized spacial score (nSPS) is 15.6. The van der Waals surface area contributed by atoms with Crippen LogP contribution in [0, 0.1) is 17.1 Å². The summed E-state index contributed by atoms with van der Waals surface area (Å²) in [7, 11) is 1.81. The Labute approximate surface area is 147 Å². The van der Waals surface area contributed by atoms with Crippen LogP contribution in [-0.4, -0.2) is 17.9 Å². The fourth-order valence-electron chi connectivity index (χ4n) is 3.77. The van der Waals surface area contributed by atoms with Crippen LogP contribution >= 0.6 is 0 Å². The highest BCUT2D eigenvalue weighted by Gasteiger charge is 2.44. The van der Waals surface area contributed by atoms with Gasteiger partial charge in [0.25, 0.3) is 0 Å². The van der Waals surface area contributed by atoms with Crippen molar-refractivity contribution in [3.8, 4) is 6.07 Å². The molecule has 0 heterocycles. The minimum Gasteiger partial charge on any atom is -0.341 e. The predicted octanol–water partition coefficient (Wildman–Crippen LogP) is 4.17. The average Bonchev–Trinajstić information content (AvgIpc) is 3.13. The number of benzene rings is 2. The van der Waals surface area contributed by atoms with Crippen molar-refractivity contribution in [3.05, 3.63) is 71.0 Å². The minimum absolute atomic E-state index is 0.0842. The van der Waals surface area contributed by atoms with Gasteiger partial charge in [0.2, 0.25) is 5.91 Å². The molecule has 0 saturated heterocycles. The molecule has 0 aliphatic heterocycles. The van der Waals surface area contributed by atoms with Gasteiger partial charge < -0.3 is 4.90 Å². The number of nitriles is 1. The third kappa shape index (κ3) is 3.41. The van der Waals surface area contributed by atoms with Gasteiger partial charge in [-0.25, -0.2) is 4.39 Å². The molecule has 0 spiro atoms. The first kappa shape index (κ1) is 17.2. The van der Waals surface area contributed by atoms with E-state index >= 15 is 0 Å². The number of rotatable bonds is 4. The molecule has 2 aromatic carbocycles. The lowest BCUT2D eigenvalue weighted by Crippen LogP contribution is -2.43. The van der Waals surface area contributed by atoms with Crippen LogP contribution in [0.25, 0.3) is 0 Å². The Balaban J connectivity index is 1.82. The second-order valence-corrected chi connectivity index (χ2v) is 6.77. The Hall–Kier alpha value is -2.67. The molecule has 25 heavy (non-hydrogen) atoms. The molecule has 1 aliphatic carbocycles.